The lowest BCUT2D eigenvalue weighted by Crippen LogP contribution is -2.34. The minimum atomic E-state index is -0.534. The second-order valence-corrected chi connectivity index (χ2v) is 9.83. The molecule has 2 N–H and O–H groups in total. The van der Waals surface area contributed by atoms with Gasteiger partial charge in [0.05, 0.1) is 24.4 Å². The molecule has 200 valence electrons. The van der Waals surface area contributed by atoms with Crippen molar-refractivity contribution in [3.05, 3.63) is 93.8 Å². The molecule has 0 atom stereocenters. The van der Waals surface area contributed by atoms with Gasteiger partial charge < -0.3 is 14.8 Å². The average Bonchev–Trinajstić information content (AvgIpc) is 3.30. The average molecular weight is 564 g/mol. The molecule has 1 heterocycles. The standard InChI is InChI=1S/C29H26ClN3O5S/c1-2-3-16-37-21-14-10-20(11-15-21)28(35)31-18-25(34)33-32-17-19-8-12-22(13-9-19)38-29(36)27-26(30)23-6-4-5-7-24(23)39-27/h4-15,17H,2-3,16,18H2,1H3,(H,31,35)(H,33,34)/b32-17+. The van der Waals surface area contributed by atoms with Gasteiger partial charge >= 0.3 is 5.97 Å². The fourth-order valence-corrected chi connectivity index (χ4v) is 4.82. The highest BCUT2D eigenvalue weighted by atomic mass is 35.5. The van der Waals surface area contributed by atoms with Gasteiger partial charge in [0.15, 0.2) is 0 Å². The van der Waals surface area contributed by atoms with E-state index in [9.17, 15) is 14.4 Å². The molecule has 4 aromatic rings. The van der Waals surface area contributed by atoms with Gasteiger partial charge in [-0.05, 0) is 66.6 Å². The van der Waals surface area contributed by atoms with Crippen LogP contribution < -0.4 is 20.2 Å². The summed E-state index contributed by atoms with van der Waals surface area (Å²) in [5, 5.41) is 7.63. The van der Waals surface area contributed by atoms with Crippen LogP contribution in [0.2, 0.25) is 5.02 Å². The van der Waals surface area contributed by atoms with Crippen molar-refractivity contribution in [2.75, 3.05) is 13.2 Å². The van der Waals surface area contributed by atoms with Crippen molar-refractivity contribution in [1.29, 1.82) is 0 Å². The van der Waals surface area contributed by atoms with Crippen LogP contribution in [0.25, 0.3) is 10.1 Å². The van der Waals surface area contributed by atoms with Gasteiger partial charge in [0.25, 0.3) is 11.8 Å². The number of hydrogen-bond acceptors (Lipinski definition) is 7. The van der Waals surface area contributed by atoms with Crippen molar-refractivity contribution in [3.63, 3.8) is 0 Å². The molecule has 0 unspecified atom stereocenters. The first kappa shape index (κ1) is 27.8. The van der Waals surface area contributed by atoms with Gasteiger partial charge in [-0.1, -0.05) is 43.1 Å². The molecule has 0 bridgehead atoms. The minimum absolute atomic E-state index is 0.236. The largest absolute Gasteiger partial charge is 0.494 e. The molecule has 1 aromatic heterocycles. The molecule has 3 aromatic carbocycles. The molecular formula is C29H26ClN3O5S. The summed E-state index contributed by atoms with van der Waals surface area (Å²) in [6.07, 6.45) is 3.44. The number of hydrazone groups is 1. The normalized spacial score (nSPS) is 10.9. The maximum absolute atomic E-state index is 12.6. The number of carbonyl (C=O) groups is 3. The highest BCUT2D eigenvalue weighted by Crippen LogP contribution is 2.35. The van der Waals surface area contributed by atoms with E-state index in [0.717, 1.165) is 22.9 Å². The Morgan fingerprint density at radius 3 is 2.41 bits per heavy atom. The van der Waals surface area contributed by atoms with E-state index in [1.807, 2.05) is 24.3 Å². The van der Waals surface area contributed by atoms with E-state index in [1.165, 1.54) is 17.6 Å². The first-order valence-corrected chi connectivity index (χ1v) is 13.5. The maximum Gasteiger partial charge on any atom is 0.355 e. The molecule has 0 aliphatic carbocycles. The summed E-state index contributed by atoms with van der Waals surface area (Å²) in [5.41, 5.74) is 3.45. The van der Waals surface area contributed by atoms with Gasteiger partial charge in [0.1, 0.15) is 16.4 Å². The zero-order valence-electron chi connectivity index (χ0n) is 21.1. The van der Waals surface area contributed by atoms with Gasteiger partial charge in [-0.25, -0.2) is 10.2 Å². The summed E-state index contributed by atoms with van der Waals surface area (Å²) < 4.78 is 11.9. The van der Waals surface area contributed by atoms with Crippen LogP contribution in [0.15, 0.2) is 77.9 Å². The molecule has 8 nitrogen and oxygen atoms in total. The van der Waals surface area contributed by atoms with E-state index < -0.39 is 11.9 Å². The molecule has 0 saturated heterocycles. The highest BCUT2D eigenvalue weighted by molar-refractivity contribution is 7.21. The number of amides is 2. The van der Waals surface area contributed by atoms with Crippen LogP contribution in [0.4, 0.5) is 0 Å². The van der Waals surface area contributed by atoms with Crippen LogP contribution in [-0.4, -0.2) is 37.1 Å². The number of rotatable bonds is 11. The quantitative estimate of drug-likeness (QED) is 0.0784. The lowest BCUT2D eigenvalue weighted by Gasteiger charge is -2.07. The first-order valence-electron chi connectivity index (χ1n) is 12.3. The van der Waals surface area contributed by atoms with Crippen molar-refractivity contribution in [1.82, 2.24) is 10.7 Å². The smallest absolute Gasteiger partial charge is 0.355 e. The number of benzene rings is 3. The molecule has 0 saturated carbocycles. The Morgan fingerprint density at radius 2 is 1.69 bits per heavy atom. The SMILES string of the molecule is CCCCOc1ccc(C(=O)NCC(=O)N/N=C/c2ccc(OC(=O)c3sc4ccccc4c3Cl)cc2)cc1. The van der Waals surface area contributed by atoms with Crippen molar-refractivity contribution in [3.8, 4) is 11.5 Å². The van der Waals surface area contributed by atoms with Crippen molar-refractivity contribution >= 4 is 57.0 Å². The van der Waals surface area contributed by atoms with Gasteiger partial charge in [0, 0.05) is 15.6 Å². The van der Waals surface area contributed by atoms with Crippen LogP contribution in [0, 0.1) is 0 Å². The van der Waals surface area contributed by atoms with Crippen LogP contribution >= 0.6 is 22.9 Å². The Hall–Kier alpha value is -4.21. The van der Waals surface area contributed by atoms with Gasteiger partial charge in [0.2, 0.25) is 0 Å². The summed E-state index contributed by atoms with van der Waals surface area (Å²) in [6, 6.07) is 20.8. The molecule has 2 amide bonds. The molecule has 0 aliphatic rings. The lowest BCUT2D eigenvalue weighted by molar-refractivity contribution is -0.120. The molecule has 0 fully saturated rings. The summed E-state index contributed by atoms with van der Waals surface area (Å²) in [6.45, 7) is 2.48. The molecule has 4 rings (SSSR count). The van der Waals surface area contributed by atoms with Crippen molar-refractivity contribution in [2.45, 2.75) is 19.8 Å². The molecule has 0 aliphatic heterocycles. The number of nitrogens with zero attached hydrogens (tertiary/aromatic N) is 1. The zero-order valence-corrected chi connectivity index (χ0v) is 22.7. The number of hydrogen-bond donors (Lipinski definition) is 2. The van der Waals surface area contributed by atoms with E-state index >= 15 is 0 Å². The Balaban J connectivity index is 1.21. The van der Waals surface area contributed by atoms with Gasteiger partial charge in [-0.3, -0.25) is 9.59 Å². The van der Waals surface area contributed by atoms with Crippen molar-refractivity contribution in [2.24, 2.45) is 5.10 Å². The second kappa shape index (κ2) is 13.5. The Labute approximate surface area is 234 Å². The second-order valence-electron chi connectivity index (χ2n) is 8.40. The lowest BCUT2D eigenvalue weighted by atomic mass is 10.2. The van der Waals surface area contributed by atoms with Crippen LogP contribution in [-0.2, 0) is 4.79 Å². The number of nitrogens with one attached hydrogen (secondary N) is 2. The number of esters is 1. The Morgan fingerprint density at radius 1 is 0.974 bits per heavy atom. The van der Waals surface area contributed by atoms with E-state index in [0.29, 0.717) is 39.1 Å². The fraction of sp³-hybridized carbons (Fsp3) is 0.172. The van der Waals surface area contributed by atoms with Gasteiger partial charge in [-0.15, -0.1) is 11.3 Å². The van der Waals surface area contributed by atoms with E-state index in [2.05, 4.69) is 22.8 Å². The topological polar surface area (TPSA) is 106 Å². The van der Waals surface area contributed by atoms with E-state index in [4.69, 9.17) is 21.1 Å². The molecule has 0 radical (unpaired) electrons. The zero-order chi connectivity index (χ0) is 27.6. The van der Waals surface area contributed by atoms with Crippen molar-refractivity contribution < 1.29 is 23.9 Å². The third kappa shape index (κ3) is 7.66. The number of fused-ring (bicyclic) bond motifs is 1. The van der Waals surface area contributed by atoms with Crippen LogP contribution in [0.1, 0.15) is 45.4 Å². The molecule has 0 spiro atoms. The number of unbranched alkanes of at least 4 members (excludes halogenated alkanes) is 1. The van der Waals surface area contributed by atoms with Gasteiger partial charge in [-0.2, -0.15) is 5.10 Å². The fourth-order valence-electron chi connectivity index (χ4n) is 3.44. The monoisotopic (exact) mass is 563 g/mol. The highest BCUT2D eigenvalue weighted by Gasteiger charge is 2.19. The number of carbonyl (C=O) groups excluding carboxylic acids is 3. The Bertz CT molecular complexity index is 1480. The van der Waals surface area contributed by atoms with E-state index in [-0.39, 0.29) is 12.5 Å². The summed E-state index contributed by atoms with van der Waals surface area (Å²) in [4.78, 5) is 37.2. The third-order valence-electron chi connectivity index (χ3n) is 5.51. The summed E-state index contributed by atoms with van der Waals surface area (Å²) in [5.74, 6) is -0.355. The first-order chi connectivity index (χ1) is 18.9. The number of thiophene rings is 1. The number of halogens is 1. The minimum Gasteiger partial charge on any atom is -0.494 e. The molecule has 39 heavy (non-hydrogen) atoms. The summed E-state index contributed by atoms with van der Waals surface area (Å²) >= 11 is 7.63. The summed E-state index contributed by atoms with van der Waals surface area (Å²) in [7, 11) is 0. The number of ether oxygens (including phenoxy) is 2. The predicted octanol–water partition coefficient (Wildman–Crippen LogP) is 5.83. The maximum atomic E-state index is 12.6. The molecular weight excluding hydrogens is 538 g/mol. The molecule has 10 heteroatoms. The predicted molar refractivity (Wildman–Crippen MR) is 153 cm³/mol. The Kier molecular flexibility index (Phi) is 9.66. The third-order valence-corrected chi connectivity index (χ3v) is 7.16. The van der Waals surface area contributed by atoms with E-state index in [1.54, 1.807) is 48.5 Å². The van der Waals surface area contributed by atoms with Crippen LogP contribution in [0.5, 0.6) is 11.5 Å². The van der Waals surface area contributed by atoms with Crippen LogP contribution in [0.3, 0.4) is 0 Å².